The van der Waals surface area contributed by atoms with E-state index in [1.54, 1.807) is 23.0 Å². The number of hydrogen-bond acceptors (Lipinski definition) is 8. The molecule has 3 heterocycles. The Labute approximate surface area is 314 Å². The van der Waals surface area contributed by atoms with Gasteiger partial charge in [-0.25, -0.2) is 17.6 Å². The quantitative estimate of drug-likeness (QED) is 0.109. The van der Waals surface area contributed by atoms with Gasteiger partial charge in [0.1, 0.15) is 20.0 Å². The van der Waals surface area contributed by atoms with E-state index in [9.17, 15) is 22.4 Å². The first-order valence-electron chi connectivity index (χ1n) is 18.8. The maximum atomic E-state index is 14.7. The molecule has 290 valence electrons. The number of hydrogen-bond donors (Lipinski definition) is 0. The first-order chi connectivity index (χ1) is 25.1. The average Bonchev–Trinajstić information content (AvgIpc) is 3.51. The van der Waals surface area contributed by atoms with E-state index in [4.69, 9.17) is 14.6 Å². The SMILES string of the molecule is CC(C)C(=O)N1CCN(c2cc(S(=O)(=O)N(COCC[Si](C)(C)C)C3(C)CC3)cc3c2cnn3[C@H]2C[C@@H](CF)N(C(=O)OCc3ccccc3)C2)CC1. The Hall–Kier alpha value is -3.53. The molecule has 0 unspecified atom stereocenters. The molecule has 2 atom stereocenters. The van der Waals surface area contributed by atoms with Gasteiger partial charge in [-0.15, -0.1) is 0 Å². The fraction of sp³-hybridized carbons (Fsp3) is 0.605. The van der Waals surface area contributed by atoms with E-state index in [0.29, 0.717) is 50.4 Å². The molecule has 2 amide bonds. The lowest BCUT2D eigenvalue weighted by molar-refractivity contribution is -0.134. The lowest BCUT2D eigenvalue weighted by atomic mass is 10.1. The van der Waals surface area contributed by atoms with Crippen LogP contribution in [0.5, 0.6) is 0 Å². The fourth-order valence-corrected chi connectivity index (χ4v) is 9.68. The summed E-state index contributed by atoms with van der Waals surface area (Å²) in [6.07, 6.45) is 2.91. The second-order valence-corrected chi connectivity index (χ2v) is 24.0. The van der Waals surface area contributed by atoms with Crippen LogP contribution in [0.25, 0.3) is 10.9 Å². The molecule has 2 aromatic carbocycles. The summed E-state index contributed by atoms with van der Waals surface area (Å²) in [5.74, 6) is -0.0191. The van der Waals surface area contributed by atoms with Gasteiger partial charge < -0.3 is 24.2 Å². The highest BCUT2D eigenvalue weighted by Gasteiger charge is 2.50. The van der Waals surface area contributed by atoms with Gasteiger partial charge in [-0.1, -0.05) is 63.8 Å². The summed E-state index contributed by atoms with van der Waals surface area (Å²) < 4.78 is 58.8. The van der Waals surface area contributed by atoms with Crippen molar-refractivity contribution in [2.45, 2.75) is 94.8 Å². The minimum Gasteiger partial charge on any atom is -0.445 e. The third kappa shape index (κ3) is 8.73. The summed E-state index contributed by atoms with van der Waals surface area (Å²) >= 11 is 0. The number of halogens is 1. The van der Waals surface area contributed by atoms with E-state index in [-0.39, 0.29) is 36.6 Å². The maximum Gasteiger partial charge on any atom is 0.410 e. The van der Waals surface area contributed by atoms with E-state index >= 15 is 0 Å². The predicted molar refractivity (Wildman–Crippen MR) is 206 cm³/mol. The number of likely N-dealkylation sites (tertiary alicyclic amines) is 1. The minimum absolute atomic E-state index is 0.0349. The van der Waals surface area contributed by atoms with E-state index in [2.05, 4.69) is 24.5 Å². The Bertz CT molecular complexity index is 1870. The Morgan fingerprint density at radius 3 is 2.40 bits per heavy atom. The summed E-state index contributed by atoms with van der Waals surface area (Å²) in [7, 11) is -5.43. The standard InChI is InChI=1S/C38H55FN6O6SSi/c1-28(2)36(46)42-16-14-41(15-17-42)34-21-32(52(48,49)44(38(3)12-13-38)27-50-18-19-53(4,5)6)22-35-33(34)24-40-45(35)31-20-30(23-39)43(25-31)37(47)51-26-29-10-8-7-9-11-29/h7-11,21-22,24,28,30-31H,12-20,23,25-27H2,1-6H3/t30-,31-/m0/s1. The van der Waals surface area contributed by atoms with Gasteiger partial charge in [-0.2, -0.15) is 9.40 Å². The summed E-state index contributed by atoms with van der Waals surface area (Å²) in [5, 5.41) is 5.52. The predicted octanol–water partition coefficient (Wildman–Crippen LogP) is 6.12. The van der Waals surface area contributed by atoms with E-state index < -0.39 is 48.5 Å². The van der Waals surface area contributed by atoms with Crippen LogP contribution in [-0.4, -0.2) is 117 Å². The highest BCUT2D eigenvalue weighted by molar-refractivity contribution is 7.89. The number of fused-ring (bicyclic) bond motifs is 1. The highest BCUT2D eigenvalue weighted by Crippen LogP contribution is 2.45. The Morgan fingerprint density at radius 1 is 1.08 bits per heavy atom. The van der Waals surface area contributed by atoms with Crippen molar-refractivity contribution in [3.05, 3.63) is 54.2 Å². The summed E-state index contributed by atoms with van der Waals surface area (Å²) in [6, 6.07) is 12.5. The maximum absolute atomic E-state index is 14.7. The normalized spacial score (nSPS) is 20.5. The van der Waals surface area contributed by atoms with Crippen molar-refractivity contribution in [2.75, 3.05) is 57.6 Å². The number of rotatable bonds is 14. The van der Waals surface area contributed by atoms with Crippen LogP contribution in [0, 0.1) is 5.92 Å². The Morgan fingerprint density at radius 2 is 1.77 bits per heavy atom. The van der Waals surface area contributed by atoms with Crippen molar-refractivity contribution in [3.8, 4) is 0 Å². The molecule has 1 aliphatic carbocycles. The topological polar surface area (TPSA) is 118 Å². The number of amides is 2. The van der Waals surface area contributed by atoms with Crippen molar-refractivity contribution < 1.29 is 31.9 Å². The molecule has 1 saturated carbocycles. The van der Waals surface area contributed by atoms with Gasteiger partial charge in [0.2, 0.25) is 15.9 Å². The number of sulfonamides is 1. The molecule has 0 N–H and O–H groups in total. The second kappa shape index (κ2) is 15.7. The van der Waals surface area contributed by atoms with E-state index in [1.807, 2.05) is 56.0 Å². The van der Waals surface area contributed by atoms with Crippen LogP contribution >= 0.6 is 0 Å². The number of alkyl halides is 1. The minimum atomic E-state index is -4.05. The van der Waals surface area contributed by atoms with Crippen LogP contribution < -0.4 is 4.90 Å². The van der Waals surface area contributed by atoms with Crippen LogP contribution in [0.4, 0.5) is 14.9 Å². The molecule has 12 nitrogen and oxygen atoms in total. The van der Waals surface area contributed by atoms with E-state index in [1.165, 1.54) is 9.21 Å². The number of nitrogens with zero attached hydrogens (tertiary/aromatic N) is 6. The smallest absolute Gasteiger partial charge is 0.410 e. The average molecular weight is 771 g/mol. The third-order valence-electron chi connectivity index (χ3n) is 10.8. The third-order valence-corrected chi connectivity index (χ3v) is 14.5. The largest absolute Gasteiger partial charge is 0.445 e. The second-order valence-electron chi connectivity index (χ2n) is 16.5. The zero-order valence-electron chi connectivity index (χ0n) is 32.0. The molecule has 3 aliphatic rings. The number of benzene rings is 2. The lowest BCUT2D eigenvalue weighted by Gasteiger charge is -2.37. The monoisotopic (exact) mass is 770 g/mol. The van der Waals surface area contributed by atoms with Gasteiger partial charge in [0.25, 0.3) is 0 Å². The van der Waals surface area contributed by atoms with Gasteiger partial charge in [-0.3, -0.25) is 9.48 Å². The molecule has 0 radical (unpaired) electrons. The van der Waals surface area contributed by atoms with Crippen molar-refractivity contribution in [1.29, 1.82) is 0 Å². The molecule has 53 heavy (non-hydrogen) atoms. The fourth-order valence-electron chi connectivity index (χ4n) is 7.18. The summed E-state index contributed by atoms with van der Waals surface area (Å²) in [4.78, 5) is 31.6. The number of anilines is 1. The van der Waals surface area contributed by atoms with Crippen LogP contribution in [0.1, 0.15) is 51.6 Å². The van der Waals surface area contributed by atoms with Crippen molar-refractivity contribution in [3.63, 3.8) is 0 Å². The van der Waals surface area contributed by atoms with Gasteiger partial charge >= 0.3 is 6.09 Å². The zero-order chi connectivity index (χ0) is 38.1. The van der Waals surface area contributed by atoms with Gasteiger partial charge in [0.05, 0.1) is 28.7 Å². The number of ether oxygens (including phenoxy) is 2. The summed E-state index contributed by atoms with van der Waals surface area (Å²) in [6.45, 7) is 14.6. The number of carbonyl (C=O) groups is 2. The van der Waals surface area contributed by atoms with Crippen LogP contribution in [0.3, 0.4) is 0 Å². The Balaban J connectivity index is 1.33. The molecule has 6 rings (SSSR count). The molecule has 15 heteroatoms. The first kappa shape index (κ1) is 39.2. The van der Waals surface area contributed by atoms with Crippen molar-refractivity contribution in [1.82, 2.24) is 23.9 Å². The summed E-state index contributed by atoms with van der Waals surface area (Å²) in [5.41, 5.74) is 1.59. The van der Waals surface area contributed by atoms with Gasteiger partial charge in [0.15, 0.2) is 0 Å². The number of carbonyl (C=O) groups excluding carboxylic acids is 2. The number of piperazine rings is 1. The molecule has 2 aliphatic heterocycles. The van der Waals surface area contributed by atoms with Crippen LogP contribution in [-0.2, 0) is 30.9 Å². The first-order valence-corrected chi connectivity index (χ1v) is 23.9. The van der Waals surface area contributed by atoms with Crippen LogP contribution in [0.2, 0.25) is 25.7 Å². The molecular weight excluding hydrogens is 716 g/mol. The van der Waals surface area contributed by atoms with Crippen molar-refractivity contribution >= 4 is 46.7 Å². The molecule has 3 fully saturated rings. The molecular formula is C38H55FN6O6SSi. The van der Waals surface area contributed by atoms with Gasteiger partial charge in [-0.05, 0) is 49.9 Å². The lowest BCUT2D eigenvalue weighted by Crippen LogP contribution is -2.50. The highest BCUT2D eigenvalue weighted by atomic mass is 32.2. The Kier molecular flexibility index (Phi) is 11.6. The molecule has 2 saturated heterocycles. The zero-order valence-corrected chi connectivity index (χ0v) is 33.8. The molecule has 1 aromatic heterocycles. The van der Waals surface area contributed by atoms with Crippen LogP contribution in [0.15, 0.2) is 53.6 Å². The molecule has 0 bridgehead atoms. The van der Waals surface area contributed by atoms with Crippen molar-refractivity contribution in [2.24, 2.45) is 5.92 Å². The van der Waals surface area contributed by atoms with E-state index in [0.717, 1.165) is 29.8 Å². The molecule has 3 aromatic rings. The van der Waals surface area contributed by atoms with Gasteiger partial charge in [0, 0.05) is 69.9 Å². The number of aromatic nitrogens is 2. The molecule has 0 spiro atoms.